The standard InChI is InChI=1S/C43H54N6O8.2ClH/c1-31-39(41(50)51)43(33-12-9-13-34(30-33)49(54)55,18-10-19-44-22-26-46(27-23-44)35-14-5-7-16-37(35)56-3)40(42(52)53)32(2)48(31)21-11-20-45-24-28-47(29-25-45)36-15-6-8-17-38(36)57-4;;/h5-9,12-17,30H,10-11,18-29H2,1-4H3,(H,50,51)(H,52,53);2*1H. The minimum atomic E-state index is -1.64. The van der Waals surface area contributed by atoms with Gasteiger partial charge in [-0.2, -0.15) is 0 Å². The van der Waals surface area contributed by atoms with Crippen molar-refractivity contribution in [3.63, 3.8) is 0 Å². The molecule has 0 unspecified atom stereocenters. The Labute approximate surface area is 358 Å². The molecule has 0 spiro atoms. The quantitative estimate of drug-likeness (QED) is 0.119. The molecule has 2 N–H and O–H groups in total. The highest BCUT2D eigenvalue weighted by Crippen LogP contribution is 2.51. The first kappa shape index (κ1) is 46.7. The van der Waals surface area contributed by atoms with Gasteiger partial charge in [0, 0.05) is 82.4 Å². The number of para-hydroxylation sites is 4. The molecule has 0 aliphatic carbocycles. The van der Waals surface area contributed by atoms with Gasteiger partial charge in [-0.15, -0.1) is 24.8 Å². The first-order valence-corrected chi connectivity index (χ1v) is 19.6. The summed E-state index contributed by atoms with van der Waals surface area (Å²) < 4.78 is 11.1. The molecule has 0 amide bonds. The van der Waals surface area contributed by atoms with E-state index in [1.165, 1.54) is 18.2 Å². The van der Waals surface area contributed by atoms with Crippen LogP contribution in [0.25, 0.3) is 0 Å². The summed E-state index contributed by atoms with van der Waals surface area (Å²) in [6.45, 7) is 11.6. The van der Waals surface area contributed by atoms with Crippen LogP contribution in [0.15, 0.2) is 95.3 Å². The maximum Gasteiger partial charge on any atom is 0.334 e. The zero-order valence-corrected chi connectivity index (χ0v) is 35.8. The summed E-state index contributed by atoms with van der Waals surface area (Å²) in [5, 5.41) is 34.1. The highest BCUT2D eigenvalue weighted by molar-refractivity contribution is 6.00. The van der Waals surface area contributed by atoms with E-state index in [1.807, 2.05) is 47.4 Å². The molecule has 3 heterocycles. The molecule has 0 bridgehead atoms. The molecule has 3 aliphatic rings. The van der Waals surface area contributed by atoms with Crippen molar-refractivity contribution in [3.8, 4) is 11.5 Å². The number of benzene rings is 3. The van der Waals surface area contributed by atoms with E-state index in [0.717, 1.165) is 81.8 Å². The predicted octanol–water partition coefficient (Wildman–Crippen LogP) is 6.54. The number of anilines is 2. The zero-order valence-electron chi connectivity index (χ0n) is 34.2. The molecule has 0 saturated carbocycles. The molecular weight excluding hydrogens is 799 g/mol. The van der Waals surface area contributed by atoms with Crippen LogP contribution < -0.4 is 19.3 Å². The van der Waals surface area contributed by atoms with Crippen molar-refractivity contribution in [1.29, 1.82) is 0 Å². The Balaban J connectivity index is 0.00000384. The second-order valence-corrected chi connectivity index (χ2v) is 14.9. The lowest BCUT2D eigenvalue weighted by Crippen LogP contribution is -2.49. The third kappa shape index (κ3) is 9.89. The topological polar surface area (TPSA) is 152 Å². The van der Waals surface area contributed by atoms with Gasteiger partial charge in [0.1, 0.15) is 11.5 Å². The SMILES string of the molecule is COc1ccccc1N1CCN(CCCN2C(C)=C(C(=O)O)C(CCCN3CCN(c4ccccc4OC)CC3)(c3cccc([N+](=O)[O-])c3)C(C(=O)O)=C2C)CC1.Cl.Cl. The Bertz CT molecular complexity index is 1970. The van der Waals surface area contributed by atoms with E-state index in [9.17, 15) is 29.9 Å². The Morgan fingerprint density at radius 3 is 1.58 bits per heavy atom. The van der Waals surface area contributed by atoms with Crippen molar-refractivity contribution in [2.24, 2.45) is 0 Å². The van der Waals surface area contributed by atoms with Crippen LogP contribution in [0.4, 0.5) is 17.1 Å². The number of carboxylic acids is 2. The summed E-state index contributed by atoms with van der Waals surface area (Å²) in [6.07, 6.45) is 1.28. The van der Waals surface area contributed by atoms with Gasteiger partial charge in [0.05, 0.1) is 47.1 Å². The number of carbonyl (C=O) groups is 2. The largest absolute Gasteiger partial charge is 0.495 e. The first-order chi connectivity index (χ1) is 27.5. The number of nitro groups is 1. The number of non-ortho nitro benzene ring substituents is 1. The Morgan fingerprint density at radius 1 is 0.678 bits per heavy atom. The second kappa shape index (κ2) is 20.8. The average molecular weight is 856 g/mol. The van der Waals surface area contributed by atoms with Crippen molar-refractivity contribution in [2.45, 2.75) is 38.5 Å². The minimum absolute atomic E-state index is 0. The third-order valence-electron chi connectivity index (χ3n) is 11.8. The molecular formula is C43H56Cl2N6O8. The van der Waals surface area contributed by atoms with Crippen LogP contribution in [0.1, 0.15) is 38.7 Å². The first-order valence-electron chi connectivity index (χ1n) is 19.6. The third-order valence-corrected chi connectivity index (χ3v) is 11.8. The number of methoxy groups -OCH3 is 2. The van der Waals surface area contributed by atoms with Crippen molar-refractivity contribution in [3.05, 3.63) is 111 Å². The maximum absolute atomic E-state index is 13.5. The lowest BCUT2D eigenvalue weighted by Gasteiger charge is -2.45. The Morgan fingerprint density at radius 2 is 1.14 bits per heavy atom. The molecule has 6 rings (SSSR count). The number of allylic oxidation sites excluding steroid dienone is 2. The maximum atomic E-state index is 13.5. The van der Waals surface area contributed by atoms with Gasteiger partial charge in [0.2, 0.25) is 0 Å². The fourth-order valence-corrected chi connectivity index (χ4v) is 9.07. The van der Waals surface area contributed by atoms with Crippen LogP contribution in [0.5, 0.6) is 11.5 Å². The van der Waals surface area contributed by atoms with E-state index < -0.39 is 22.3 Å². The van der Waals surface area contributed by atoms with Crippen LogP contribution in [0, 0.1) is 10.1 Å². The van der Waals surface area contributed by atoms with Gasteiger partial charge in [-0.1, -0.05) is 36.4 Å². The minimum Gasteiger partial charge on any atom is -0.495 e. The zero-order chi connectivity index (χ0) is 40.7. The van der Waals surface area contributed by atoms with Gasteiger partial charge in [0.15, 0.2) is 0 Å². The summed E-state index contributed by atoms with van der Waals surface area (Å²) in [5.74, 6) is -0.833. The second-order valence-electron chi connectivity index (χ2n) is 14.9. The number of hydrogen-bond donors (Lipinski definition) is 2. The number of piperazine rings is 2. The molecule has 0 aromatic heterocycles. The van der Waals surface area contributed by atoms with Crippen molar-refractivity contribution >= 4 is 53.8 Å². The molecule has 3 aliphatic heterocycles. The number of rotatable bonds is 16. The monoisotopic (exact) mass is 854 g/mol. The fourth-order valence-electron chi connectivity index (χ4n) is 9.07. The Kier molecular flexibility index (Phi) is 16.4. The number of hydrogen-bond acceptors (Lipinski definition) is 11. The van der Waals surface area contributed by atoms with Crippen LogP contribution >= 0.6 is 24.8 Å². The highest BCUT2D eigenvalue weighted by Gasteiger charge is 2.52. The number of halogens is 2. The van der Waals surface area contributed by atoms with E-state index >= 15 is 0 Å². The smallest absolute Gasteiger partial charge is 0.334 e. The molecule has 0 radical (unpaired) electrons. The molecule has 59 heavy (non-hydrogen) atoms. The van der Waals surface area contributed by atoms with Crippen molar-refractivity contribution in [2.75, 3.05) is 96.0 Å². The summed E-state index contributed by atoms with van der Waals surface area (Å²) >= 11 is 0. The van der Waals surface area contributed by atoms with Gasteiger partial charge in [-0.25, -0.2) is 9.59 Å². The van der Waals surface area contributed by atoms with E-state index in [2.05, 4.69) is 25.7 Å². The highest BCUT2D eigenvalue weighted by atomic mass is 35.5. The van der Waals surface area contributed by atoms with Crippen LogP contribution in [0.3, 0.4) is 0 Å². The summed E-state index contributed by atoms with van der Waals surface area (Å²) in [5.41, 5.74) is 1.30. The van der Waals surface area contributed by atoms with E-state index in [0.29, 0.717) is 42.9 Å². The number of aliphatic carboxylic acids is 2. The molecule has 16 heteroatoms. The van der Waals surface area contributed by atoms with Gasteiger partial charge in [-0.05, 0) is 76.0 Å². The van der Waals surface area contributed by atoms with E-state index in [4.69, 9.17) is 9.47 Å². The average Bonchev–Trinajstić information content (AvgIpc) is 3.22. The normalized spacial score (nSPS) is 17.3. The Hall–Kier alpha value is -5.02. The van der Waals surface area contributed by atoms with E-state index in [1.54, 1.807) is 34.1 Å². The number of nitrogens with zero attached hydrogens (tertiary/aromatic N) is 6. The van der Waals surface area contributed by atoms with Crippen molar-refractivity contribution in [1.82, 2.24) is 14.7 Å². The van der Waals surface area contributed by atoms with E-state index in [-0.39, 0.29) is 48.1 Å². The molecule has 3 aromatic rings. The fraction of sp³-hybridized carbons (Fsp3) is 0.442. The number of ether oxygens (including phenoxy) is 2. The molecule has 0 atom stereocenters. The van der Waals surface area contributed by atoms with Gasteiger partial charge < -0.3 is 34.4 Å². The van der Waals surface area contributed by atoms with Gasteiger partial charge in [-0.3, -0.25) is 19.9 Å². The van der Waals surface area contributed by atoms with Crippen LogP contribution in [0.2, 0.25) is 0 Å². The number of carboxylic acid groups (broad SMARTS) is 2. The van der Waals surface area contributed by atoms with Crippen molar-refractivity contribution < 1.29 is 34.2 Å². The molecule has 320 valence electrons. The lowest BCUT2D eigenvalue weighted by molar-refractivity contribution is -0.385. The van der Waals surface area contributed by atoms with Gasteiger partial charge >= 0.3 is 11.9 Å². The summed E-state index contributed by atoms with van der Waals surface area (Å²) in [4.78, 5) is 49.6. The molecule has 14 nitrogen and oxygen atoms in total. The van der Waals surface area contributed by atoms with Crippen LogP contribution in [-0.2, 0) is 15.0 Å². The predicted molar refractivity (Wildman–Crippen MR) is 234 cm³/mol. The van der Waals surface area contributed by atoms with Gasteiger partial charge in [0.25, 0.3) is 5.69 Å². The van der Waals surface area contributed by atoms with Crippen LogP contribution in [-0.4, -0.2) is 128 Å². The molecule has 2 fully saturated rings. The lowest BCUT2D eigenvalue weighted by atomic mass is 9.63. The number of nitro benzene ring substituents is 1. The molecule has 3 aromatic carbocycles. The molecule has 2 saturated heterocycles. The summed E-state index contributed by atoms with van der Waals surface area (Å²) in [7, 11) is 3.34. The summed E-state index contributed by atoms with van der Waals surface area (Å²) in [6, 6.07) is 21.7.